The summed E-state index contributed by atoms with van der Waals surface area (Å²) in [6.45, 7) is 2.03. The van der Waals surface area contributed by atoms with E-state index in [1.807, 2.05) is 23.1 Å². The second-order valence-corrected chi connectivity index (χ2v) is 10.5. The number of amides is 1. The Bertz CT molecular complexity index is 1520. The molecule has 0 bridgehead atoms. The van der Waals surface area contributed by atoms with Crippen LogP contribution in [-0.4, -0.2) is 77.6 Å². The number of nitrogens with one attached hydrogen (secondary N) is 1. The predicted molar refractivity (Wildman–Crippen MR) is 131 cm³/mol. The topological polar surface area (TPSA) is 120 Å². The number of carbonyl (C=O) groups excluding carboxylic acids is 1. The number of hydrogen-bond donors (Lipinski definition) is 1. The Morgan fingerprint density at radius 2 is 2.03 bits per heavy atom. The fraction of sp³-hybridized carbons (Fsp3) is 0.417. The van der Waals surface area contributed by atoms with Crippen LogP contribution in [0, 0.1) is 11.3 Å². The molecule has 4 aromatic rings. The summed E-state index contributed by atoms with van der Waals surface area (Å²) in [6.07, 6.45) is 4.23. The summed E-state index contributed by atoms with van der Waals surface area (Å²) in [5, 5.41) is 15.8. The maximum Gasteiger partial charge on any atom is 0.434 e. The van der Waals surface area contributed by atoms with Gasteiger partial charge in [0.05, 0.1) is 29.9 Å². The Labute approximate surface area is 218 Å². The molecule has 1 N–H and O–H groups in total. The summed E-state index contributed by atoms with van der Waals surface area (Å²) in [5.41, 5.74) is 0.900. The highest BCUT2D eigenvalue weighted by molar-refractivity contribution is 7.11. The molecular formula is C24H22F3N9OS. The van der Waals surface area contributed by atoms with Crippen molar-refractivity contribution in [2.24, 2.45) is 0 Å². The van der Waals surface area contributed by atoms with Crippen LogP contribution in [0.15, 0.2) is 36.4 Å². The molecule has 6 rings (SSSR count). The van der Waals surface area contributed by atoms with Gasteiger partial charge in [0.25, 0.3) is 5.91 Å². The van der Waals surface area contributed by atoms with E-state index in [4.69, 9.17) is 0 Å². The summed E-state index contributed by atoms with van der Waals surface area (Å²) in [6, 6.07) is 4.45. The first-order chi connectivity index (χ1) is 18.3. The molecule has 196 valence electrons. The predicted octanol–water partition coefficient (Wildman–Crippen LogP) is 3.53. The maximum absolute atomic E-state index is 12.8. The van der Waals surface area contributed by atoms with Gasteiger partial charge in [0.1, 0.15) is 12.0 Å². The molecule has 0 atom stereocenters. The molecule has 1 saturated carbocycles. The smallest absolute Gasteiger partial charge is 0.346 e. The maximum atomic E-state index is 12.8. The molecule has 0 unspecified atom stereocenters. The number of rotatable bonds is 5. The molecule has 14 heteroatoms. The monoisotopic (exact) mass is 541 g/mol. The van der Waals surface area contributed by atoms with E-state index in [-0.39, 0.29) is 11.0 Å². The Morgan fingerprint density at radius 1 is 1.24 bits per heavy atom. The van der Waals surface area contributed by atoms with Crippen molar-refractivity contribution < 1.29 is 18.0 Å². The number of thiazole rings is 1. The van der Waals surface area contributed by atoms with Crippen LogP contribution >= 0.6 is 11.3 Å². The van der Waals surface area contributed by atoms with E-state index in [1.54, 1.807) is 11.1 Å². The van der Waals surface area contributed by atoms with Gasteiger partial charge in [-0.3, -0.25) is 14.4 Å². The summed E-state index contributed by atoms with van der Waals surface area (Å²) < 4.78 is 40.4. The van der Waals surface area contributed by atoms with Gasteiger partial charge in [-0.2, -0.15) is 23.5 Å². The lowest BCUT2D eigenvalue weighted by Gasteiger charge is -2.52. The number of halogens is 3. The van der Waals surface area contributed by atoms with Crippen molar-refractivity contribution in [2.45, 2.75) is 37.0 Å². The molecule has 0 radical (unpaired) electrons. The molecule has 0 spiro atoms. The number of alkyl halides is 3. The Hall–Kier alpha value is -3.83. The fourth-order valence-electron chi connectivity index (χ4n) is 5.37. The lowest BCUT2D eigenvalue weighted by atomic mass is 9.70. The molecule has 4 aromatic heterocycles. The van der Waals surface area contributed by atoms with E-state index in [2.05, 4.69) is 36.0 Å². The van der Waals surface area contributed by atoms with Crippen LogP contribution in [0.3, 0.4) is 0 Å². The Kier molecular flexibility index (Phi) is 5.92. The first-order valence-corrected chi connectivity index (χ1v) is 12.9. The molecule has 1 aliphatic carbocycles. The van der Waals surface area contributed by atoms with Gasteiger partial charge in [-0.05, 0) is 18.9 Å². The summed E-state index contributed by atoms with van der Waals surface area (Å²) in [7, 11) is 0. The SMILES string of the molecule is N#CCC1(n2cc(-c3ncnc4[nH]ccc34)cn2)CC(N2CCN(C(=O)c3nc(C(F)(F)F)cs3)CC2)C1. The Morgan fingerprint density at radius 3 is 2.74 bits per heavy atom. The average Bonchev–Trinajstić information content (AvgIpc) is 3.65. The second kappa shape index (κ2) is 9.17. The lowest BCUT2D eigenvalue weighted by molar-refractivity contribution is -0.140. The molecular weight excluding hydrogens is 519 g/mol. The Balaban J connectivity index is 1.10. The van der Waals surface area contributed by atoms with E-state index in [0.29, 0.717) is 32.6 Å². The van der Waals surface area contributed by atoms with Crippen molar-refractivity contribution >= 4 is 28.3 Å². The van der Waals surface area contributed by atoms with Crippen LogP contribution in [0.5, 0.6) is 0 Å². The first kappa shape index (κ1) is 24.5. The van der Waals surface area contributed by atoms with E-state index in [9.17, 15) is 23.2 Å². The normalized spacial score (nSPS) is 22.4. The van der Waals surface area contributed by atoms with Crippen molar-refractivity contribution in [1.29, 1.82) is 5.26 Å². The first-order valence-electron chi connectivity index (χ1n) is 12.0. The molecule has 1 amide bonds. The molecule has 2 fully saturated rings. The molecule has 2 aliphatic rings. The standard InChI is InChI=1S/C24H22F3N9OS/c25-24(26,27)18-13-38-21(33-18)22(37)35-7-5-34(6-8-35)16-9-23(10-16,2-3-28)36-12-15(11-32-36)19-17-1-4-29-20(17)31-14-30-19/h1,4,11-14,16H,2,5-10H2,(H,29,30,31). The van der Waals surface area contributed by atoms with Crippen LogP contribution in [0.1, 0.15) is 34.8 Å². The number of carbonyl (C=O) groups is 1. The molecule has 1 saturated heterocycles. The van der Waals surface area contributed by atoms with Crippen LogP contribution in [-0.2, 0) is 11.7 Å². The van der Waals surface area contributed by atoms with Crippen LogP contribution in [0.2, 0.25) is 0 Å². The highest BCUT2D eigenvalue weighted by atomic mass is 32.1. The van der Waals surface area contributed by atoms with E-state index in [1.165, 1.54) is 6.33 Å². The highest BCUT2D eigenvalue weighted by Crippen LogP contribution is 2.45. The van der Waals surface area contributed by atoms with Crippen molar-refractivity contribution in [3.63, 3.8) is 0 Å². The number of H-pyrrole nitrogens is 1. The van der Waals surface area contributed by atoms with Gasteiger partial charge in [0.15, 0.2) is 10.7 Å². The van der Waals surface area contributed by atoms with Gasteiger partial charge < -0.3 is 9.88 Å². The fourth-order valence-corrected chi connectivity index (χ4v) is 6.16. The van der Waals surface area contributed by atoms with Crippen molar-refractivity contribution in [2.75, 3.05) is 26.2 Å². The number of nitriles is 1. The minimum Gasteiger partial charge on any atom is -0.346 e. The third-order valence-corrected chi connectivity index (χ3v) is 8.26. The number of aromatic amines is 1. The summed E-state index contributed by atoms with van der Waals surface area (Å²) >= 11 is 0.719. The average molecular weight is 542 g/mol. The second-order valence-electron chi connectivity index (χ2n) is 9.62. The van der Waals surface area contributed by atoms with Crippen molar-refractivity contribution in [3.05, 3.63) is 47.1 Å². The van der Waals surface area contributed by atoms with Crippen LogP contribution < -0.4 is 0 Å². The van der Waals surface area contributed by atoms with E-state index >= 15 is 0 Å². The largest absolute Gasteiger partial charge is 0.434 e. The van der Waals surface area contributed by atoms with Gasteiger partial charge in [0.2, 0.25) is 0 Å². The zero-order valence-corrected chi connectivity index (χ0v) is 20.8. The van der Waals surface area contributed by atoms with E-state index in [0.717, 1.165) is 51.8 Å². The lowest BCUT2D eigenvalue weighted by Crippen LogP contribution is -2.60. The quantitative estimate of drug-likeness (QED) is 0.411. The number of hydrogen-bond acceptors (Lipinski definition) is 8. The highest BCUT2D eigenvalue weighted by Gasteiger charge is 2.49. The zero-order valence-electron chi connectivity index (χ0n) is 20.0. The number of aromatic nitrogens is 6. The third kappa shape index (κ3) is 4.21. The molecule has 0 aromatic carbocycles. The van der Waals surface area contributed by atoms with Gasteiger partial charge >= 0.3 is 6.18 Å². The minimum atomic E-state index is -4.56. The van der Waals surface area contributed by atoms with Crippen LogP contribution in [0.25, 0.3) is 22.3 Å². The number of nitrogens with zero attached hydrogens (tertiary/aromatic N) is 8. The zero-order chi connectivity index (χ0) is 26.5. The number of piperazine rings is 1. The van der Waals surface area contributed by atoms with Gasteiger partial charge in [-0.15, -0.1) is 11.3 Å². The van der Waals surface area contributed by atoms with E-state index < -0.39 is 23.3 Å². The molecule has 1 aliphatic heterocycles. The number of fused-ring (bicyclic) bond motifs is 1. The van der Waals surface area contributed by atoms with Gasteiger partial charge in [-0.1, -0.05) is 0 Å². The van der Waals surface area contributed by atoms with Crippen molar-refractivity contribution in [1.82, 2.24) is 39.5 Å². The molecule has 5 heterocycles. The van der Waals surface area contributed by atoms with Gasteiger partial charge in [-0.25, -0.2) is 15.0 Å². The summed E-state index contributed by atoms with van der Waals surface area (Å²) in [4.78, 5) is 31.7. The summed E-state index contributed by atoms with van der Waals surface area (Å²) in [5.74, 6) is -0.470. The molecule has 38 heavy (non-hydrogen) atoms. The van der Waals surface area contributed by atoms with Crippen LogP contribution in [0.4, 0.5) is 13.2 Å². The molecule has 10 nitrogen and oxygen atoms in total. The van der Waals surface area contributed by atoms with Gasteiger partial charge in [0, 0.05) is 60.9 Å². The van der Waals surface area contributed by atoms with Crippen molar-refractivity contribution in [3.8, 4) is 17.3 Å². The third-order valence-electron chi connectivity index (χ3n) is 7.43. The minimum absolute atomic E-state index is 0.141.